The first kappa shape index (κ1) is 23.0. The molecule has 0 fully saturated rings. The second-order valence-corrected chi connectivity index (χ2v) is 8.54. The number of H-pyrrole nitrogens is 1. The summed E-state index contributed by atoms with van der Waals surface area (Å²) in [4.78, 5) is 38.5. The number of hydrogen-bond donors (Lipinski definition) is 3. The van der Waals surface area contributed by atoms with E-state index in [9.17, 15) is 22.8 Å². The molecule has 1 aromatic heterocycles. The predicted molar refractivity (Wildman–Crippen MR) is 116 cm³/mol. The normalized spacial score (nSPS) is 11.2. The SMILES string of the molecule is Cc1c[nH]c(=O)n1-c1ccc(C(=O)OCC(=O)NCCc2ccc(S(N)(=O)=O)cc2)cc1. The number of rotatable bonds is 8. The first-order valence-corrected chi connectivity index (χ1v) is 11.1. The Morgan fingerprint density at radius 2 is 1.75 bits per heavy atom. The molecule has 32 heavy (non-hydrogen) atoms. The van der Waals surface area contributed by atoms with E-state index in [1.54, 1.807) is 37.4 Å². The number of hydrogen-bond acceptors (Lipinski definition) is 6. The number of primary sulfonamides is 1. The van der Waals surface area contributed by atoms with Crippen molar-refractivity contribution in [2.45, 2.75) is 18.2 Å². The molecule has 168 valence electrons. The zero-order chi connectivity index (χ0) is 23.3. The van der Waals surface area contributed by atoms with Gasteiger partial charge in [-0.3, -0.25) is 9.36 Å². The second kappa shape index (κ2) is 9.62. The maximum atomic E-state index is 12.2. The lowest BCUT2D eigenvalue weighted by Gasteiger charge is -2.08. The van der Waals surface area contributed by atoms with Gasteiger partial charge in [0.25, 0.3) is 5.91 Å². The number of amides is 1. The summed E-state index contributed by atoms with van der Waals surface area (Å²) >= 11 is 0. The number of aromatic amines is 1. The molecule has 1 heterocycles. The van der Waals surface area contributed by atoms with Crippen molar-refractivity contribution in [2.75, 3.05) is 13.2 Å². The molecule has 0 unspecified atom stereocenters. The van der Waals surface area contributed by atoms with Crippen LogP contribution < -0.4 is 16.1 Å². The number of aryl methyl sites for hydroxylation is 1. The number of nitrogens with one attached hydrogen (secondary N) is 2. The van der Waals surface area contributed by atoms with Crippen LogP contribution in [-0.4, -0.2) is 43.0 Å². The summed E-state index contributed by atoms with van der Waals surface area (Å²) in [5.74, 6) is -1.13. The van der Waals surface area contributed by atoms with Crippen molar-refractivity contribution < 1.29 is 22.7 Å². The van der Waals surface area contributed by atoms with E-state index in [1.807, 2.05) is 0 Å². The average Bonchev–Trinajstić information content (AvgIpc) is 3.10. The molecular weight excluding hydrogens is 436 g/mol. The highest BCUT2D eigenvalue weighted by atomic mass is 32.2. The summed E-state index contributed by atoms with van der Waals surface area (Å²) in [5.41, 5.74) is 2.10. The van der Waals surface area contributed by atoms with Gasteiger partial charge in [-0.05, 0) is 55.3 Å². The van der Waals surface area contributed by atoms with Gasteiger partial charge in [-0.2, -0.15) is 0 Å². The van der Waals surface area contributed by atoms with Gasteiger partial charge in [-0.25, -0.2) is 23.1 Å². The highest BCUT2D eigenvalue weighted by molar-refractivity contribution is 7.89. The van der Waals surface area contributed by atoms with E-state index in [1.165, 1.54) is 28.8 Å². The molecule has 3 aromatic rings. The zero-order valence-electron chi connectivity index (χ0n) is 17.2. The first-order valence-electron chi connectivity index (χ1n) is 9.58. The third kappa shape index (κ3) is 5.71. The molecule has 4 N–H and O–H groups in total. The number of nitrogens with two attached hydrogens (primary N) is 1. The van der Waals surface area contributed by atoms with Gasteiger partial charge in [-0.1, -0.05) is 12.1 Å². The van der Waals surface area contributed by atoms with Crippen molar-refractivity contribution >= 4 is 21.9 Å². The monoisotopic (exact) mass is 458 g/mol. The third-order valence-corrected chi connectivity index (χ3v) is 5.57. The maximum Gasteiger partial charge on any atom is 0.338 e. The molecule has 3 rings (SSSR count). The number of esters is 1. The molecule has 0 aliphatic heterocycles. The second-order valence-electron chi connectivity index (χ2n) is 6.98. The van der Waals surface area contributed by atoms with Gasteiger partial charge < -0.3 is 15.0 Å². The Balaban J connectivity index is 1.45. The van der Waals surface area contributed by atoms with Gasteiger partial charge in [-0.15, -0.1) is 0 Å². The summed E-state index contributed by atoms with van der Waals surface area (Å²) < 4.78 is 29.0. The van der Waals surface area contributed by atoms with E-state index in [0.29, 0.717) is 12.1 Å². The molecule has 10 nitrogen and oxygen atoms in total. The fourth-order valence-corrected chi connectivity index (χ4v) is 3.50. The van der Waals surface area contributed by atoms with Gasteiger partial charge in [0.2, 0.25) is 10.0 Å². The number of imidazole rings is 1. The van der Waals surface area contributed by atoms with Crippen molar-refractivity contribution in [3.05, 3.63) is 82.0 Å². The number of carbonyl (C=O) groups is 2. The minimum Gasteiger partial charge on any atom is -0.452 e. The van der Waals surface area contributed by atoms with Crippen LogP contribution in [0, 0.1) is 6.92 Å². The van der Waals surface area contributed by atoms with E-state index in [-0.39, 0.29) is 22.7 Å². The Morgan fingerprint density at radius 1 is 1.09 bits per heavy atom. The van der Waals surface area contributed by atoms with Crippen LogP contribution in [0.4, 0.5) is 0 Å². The standard InChI is InChI=1S/C21H22N4O6S/c1-14-12-24-21(28)25(14)17-6-4-16(5-7-17)20(27)31-13-19(26)23-11-10-15-2-8-18(9-3-15)32(22,29)30/h2-9,12H,10-11,13H2,1H3,(H,23,26)(H,24,28)(H2,22,29,30). The minimum atomic E-state index is -3.74. The largest absolute Gasteiger partial charge is 0.452 e. The zero-order valence-corrected chi connectivity index (χ0v) is 18.0. The van der Waals surface area contributed by atoms with Crippen LogP contribution in [0.15, 0.2) is 64.4 Å². The molecule has 0 aliphatic carbocycles. The summed E-state index contributed by atoms with van der Waals surface area (Å²) in [6.45, 7) is 1.62. The number of carbonyl (C=O) groups excluding carboxylic acids is 2. The summed E-state index contributed by atoms with van der Waals surface area (Å²) in [6, 6.07) is 12.3. The number of aromatic nitrogens is 2. The highest BCUT2D eigenvalue weighted by Gasteiger charge is 2.12. The molecule has 2 aromatic carbocycles. The van der Waals surface area contributed by atoms with Crippen molar-refractivity contribution in [1.82, 2.24) is 14.9 Å². The van der Waals surface area contributed by atoms with Crippen molar-refractivity contribution in [3.63, 3.8) is 0 Å². The molecule has 0 radical (unpaired) electrons. The van der Waals surface area contributed by atoms with Crippen LogP contribution in [0.1, 0.15) is 21.6 Å². The van der Waals surface area contributed by atoms with E-state index < -0.39 is 28.5 Å². The molecule has 0 saturated carbocycles. The average molecular weight is 458 g/mol. The Morgan fingerprint density at radius 3 is 2.31 bits per heavy atom. The Hall–Kier alpha value is -3.70. The van der Waals surface area contributed by atoms with E-state index in [2.05, 4.69) is 10.3 Å². The smallest absolute Gasteiger partial charge is 0.338 e. The Labute approximate surface area is 184 Å². The van der Waals surface area contributed by atoms with Crippen molar-refractivity contribution in [3.8, 4) is 5.69 Å². The molecular formula is C21H22N4O6S. The molecule has 0 bridgehead atoms. The third-order valence-electron chi connectivity index (χ3n) is 4.64. The number of ether oxygens (including phenoxy) is 1. The maximum absolute atomic E-state index is 12.2. The van der Waals surface area contributed by atoms with Crippen LogP contribution in [-0.2, 0) is 26.0 Å². The van der Waals surface area contributed by atoms with Gasteiger partial charge >= 0.3 is 11.7 Å². The fourth-order valence-electron chi connectivity index (χ4n) is 2.98. The van der Waals surface area contributed by atoms with Gasteiger partial charge in [0.15, 0.2) is 6.61 Å². The first-order chi connectivity index (χ1) is 15.1. The summed E-state index contributed by atoms with van der Waals surface area (Å²) in [5, 5.41) is 7.67. The predicted octanol–water partition coefficient (Wildman–Crippen LogP) is 0.637. The lowest BCUT2D eigenvalue weighted by molar-refractivity contribution is -0.124. The van der Waals surface area contributed by atoms with E-state index >= 15 is 0 Å². The lowest BCUT2D eigenvalue weighted by Crippen LogP contribution is -2.30. The fraction of sp³-hybridized carbons (Fsp3) is 0.190. The molecule has 11 heteroatoms. The van der Waals surface area contributed by atoms with Crippen LogP contribution in [0.5, 0.6) is 0 Å². The Kier molecular flexibility index (Phi) is 6.91. The van der Waals surface area contributed by atoms with Crippen LogP contribution >= 0.6 is 0 Å². The topological polar surface area (TPSA) is 153 Å². The quantitative estimate of drug-likeness (QED) is 0.421. The van der Waals surface area contributed by atoms with Gasteiger partial charge in [0, 0.05) is 18.4 Å². The van der Waals surface area contributed by atoms with Gasteiger partial charge in [0.05, 0.1) is 16.1 Å². The van der Waals surface area contributed by atoms with E-state index in [0.717, 1.165) is 11.3 Å². The van der Waals surface area contributed by atoms with Crippen LogP contribution in [0.25, 0.3) is 5.69 Å². The number of benzene rings is 2. The van der Waals surface area contributed by atoms with Gasteiger partial charge in [0.1, 0.15) is 0 Å². The lowest BCUT2D eigenvalue weighted by atomic mass is 10.1. The summed E-state index contributed by atoms with van der Waals surface area (Å²) in [6.07, 6.45) is 2.05. The summed E-state index contributed by atoms with van der Waals surface area (Å²) in [7, 11) is -3.74. The molecule has 0 spiro atoms. The molecule has 0 saturated heterocycles. The number of nitrogens with zero attached hydrogens (tertiary/aromatic N) is 1. The van der Waals surface area contributed by atoms with Crippen molar-refractivity contribution in [1.29, 1.82) is 0 Å². The molecule has 1 amide bonds. The van der Waals surface area contributed by atoms with E-state index in [4.69, 9.17) is 9.88 Å². The molecule has 0 aliphatic rings. The molecule has 0 atom stereocenters. The Bertz CT molecular complexity index is 1280. The minimum absolute atomic E-state index is 0.0144. The van der Waals surface area contributed by atoms with Crippen molar-refractivity contribution in [2.24, 2.45) is 5.14 Å². The van der Waals surface area contributed by atoms with Crippen LogP contribution in [0.3, 0.4) is 0 Å². The van der Waals surface area contributed by atoms with Crippen LogP contribution in [0.2, 0.25) is 0 Å². The highest BCUT2D eigenvalue weighted by Crippen LogP contribution is 2.11. The number of sulfonamides is 1.